The molecule has 1 fully saturated rings. The van der Waals surface area contributed by atoms with Gasteiger partial charge in [0.2, 0.25) is 0 Å². The maximum absolute atomic E-state index is 5.94. The lowest BCUT2D eigenvalue weighted by Crippen LogP contribution is -2.62. The van der Waals surface area contributed by atoms with Crippen LogP contribution in [-0.2, 0) is 0 Å². The Morgan fingerprint density at radius 1 is 1.41 bits per heavy atom. The van der Waals surface area contributed by atoms with E-state index in [1.165, 1.54) is 5.69 Å². The van der Waals surface area contributed by atoms with Crippen molar-refractivity contribution in [2.24, 2.45) is 0 Å². The quantitative estimate of drug-likeness (QED) is 0.869. The molecule has 94 valence electrons. The van der Waals surface area contributed by atoms with E-state index in [0.29, 0.717) is 6.04 Å². The van der Waals surface area contributed by atoms with Crippen LogP contribution in [0.25, 0.3) is 0 Å². The van der Waals surface area contributed by atoms with Crippen molar-refractivity contribution in [2.45, 2.75) is 38.8 Å². The minimum atomic E-state index is 0.214. The number of halogens is 1. The fourth-order valence-corrected chi connectivity index (χ4v) is 2.43. The summed E-state index contributed by atoms with van der Waals surface area (Å²) in [6.45, 7) is 8.88. The normalized spacial score (nSPS) is 29.4. The number of nitrogens with one attached hydrogen (secondary N) is 1. The van der Waals surface area contributed by atoms with Crippen molar-refractivity contribution in [1.29, 1.82) is 0 Å². The molecule has 1 saturated heterocycles. The Labute approximate surface area is 109 Å². The lowest BCUT2D eigenvalue weighted by molar-refractivity contribution is 0.285. The first-order valence-electron chi connectivity index (χ1n) is 6.31. The van der Waals surface area contributed by atoms with Gasteiger partial charge in [-0.2, -0.15) is 0 Å². The van der Waals surface area contributed by atoms with E-state index < -0.39 is 0 Å². The molecule has 0 aromatic heterocycles. The number of benzene rings is 1. The predicted octanol–water partition coefficient (Wildman–Crippen LogP) is 3.31. The minimum absolute atomic E-state index is 0.214. The molecule has 1 heterocycles. The summed E-state index contributed by atoms with van der Waals surface area (Å²) in [6.07, 6.45) is 1.14. The van der Waals surface area contributed by atoms with Gasteiger partial charge in [-0.1, -0.05) is 18.5 Å². The molecule has 1 aliphatic heterocycles. The van der Waals surface area contributed by atoms with Gasteiger partial charge in [-0.15, -0.1) is 0 Å². The molecule has 1 N–H and O–H groups in total. The van der Waals surface area contributed by atoms with Crippen molar-refractivity contribution in [3.63, 3.8) is 0 Å². The van der Waals surface area contributed by atoms with Crippen molar-refractivity contribution in [1.82, 2.24) is 5.32 Å². The molecule has 1 aromatic carbocycles. The monoisotopic (exact) mass is 252 g/mol. The maximum Gasteiger partial charge on any atom is 0.0407 e. The van der Waals surface area contributed by atoms with Crippen molar-refractivity contribution in [3.05, 3.63) is 29.3 Å². The van der Waals surface area contributed by atoms with Crippen LogP contribution in [0.15, 0.2) is 24.3 Å². The van der Waals surface area contributed by atoms with Gasteiger partial charge in [0, 0.05) is 35.4 Å². The Balaban J connectivity index is 2.20. The number of rotatable bonds is 2. The van der Waals surface area contributed by atoms with Crippen LogP contribution in [0, 0.1) is 0 Å². The third kappa shape index (κ3) is 2.75. The lowest BCUT2D eigenvalue weighted by Gasteiger charge is -2.46. The molecule has 2 rings (SSSR count). The largest absolute Gasteiger partial charge is 0.366 e. The molecule has 1 aromatic rings. The average molecular weight is 253 g/mol. The molecule has 0 spiro atoms. The molecular formula is C14H21ClN2. The Hall–Kier alpha value is -0.730. The first-order chi connectivity index (χ1) is 8.04. The SMILES string of the molecule is CCC1(C)CN(c2ccc(Cl)cc2)C(C)CN1. The summed E-state index contributed by atoms with van der Waals surface area (Å²) in [6, 6.07) is 8.68. The van der Waals surface area contributed by atoms with Crippen LogP contribution in [0.1, 0.15) is 27.2 Å². The van der Waals surface area contributed by atoms with E-state index in [0.717, 1.165) is 24.5 Å². The Bertz CT molecular complexity index is 376. The summed E-state index contributed by atoms with van der Waals surface area (Å²) in [5, 5.41) is 4.44. The second-order valence-corrected chi connectivity index (χ2v) is 5.68. The first kappa shape index (κ1) is 12.7. The van der Waals surface area contributed by atoms with Gasteiger partial charge in [-0.25, -0.2) is 0 Å². The molecule has 0 bridgehead atoms. The molecule has 0 aliphatic carbocycles. The van der Waals surface area contributed by atoms with Gasteiger partial charge in [0.1, 0.15) is 0 Å². The minimum Gasteiger partial charge on any atom is -0.366 e. The molecular weight excluding hydrogens is 232 g/mol. The van der Waals surface area contributed by atoms with Crippen LogP contribution in [0.2, 0.25) is 5.02 Å². The third-order valence-corrected chi connectivity index (χ3v) is 4.07. The Morgan fingerprint density at radius 3 is 2.65 bits per heavy atom. The number of nitrogens with zero attached hydrogens (tertiary/aromatic N) is 1. The molecule has 17 heavy (non-hydrogen) atoms. The van der Waals surface area contributed by atoms with Gasteiger partial charge < -0.3 is 10.2 Å². The summed E-state index contributed by atoms with van der Waals surface area (Å²) in [5.41, 5.74) is 1.48. The molecule has 2 unspecified atom stereocenters. The number of anilines is 1. The lowest BCUT2D eigenvalue weighted by atomic mass is 9.93. The molecule has 1 aliphatic rings. The molecule has 2 atom stereocenters. The van der Waals surface area contributed by atoms with E-state index in [4.69, 9.17) is 11.6 Å². The first-order valence-corrected chi connectivity index (χ1v) is 6.69. The summed E-state index contributed by atoms with van der Waals surface area (Å²) in [4.78, 5) is 2.47. The van der Waals surface area contributed by atoms with Crippen LogP contribution in [-0.4, -0.2) is 24.7 Å². The van der Waals surface area contributed by atoms with Crippen molar-refractivity contribution in [3.8, 4) is 0 Å². The summed E-state index contributed by atoms with van der Waals surface area (Å²) in [7, 11) is 0. The van der Waals surface area contributed by atoms with Crippen LogP contribution in [0.3, 0.4) is 0 Å². The average Bonchev–Trinajstić information content (AvgIpc) is 2.34. The molecule has 3 heteroatoms. The van der Waals surface area contributed by atoms with E-state index >= 15 is 0 Å². The second-order valence-electron chi connectivity index (χ2n) is 5.25. The smallest absolute Gasteiger partial charge is 0.0407 e. The van der Waals surface area contributed by atoms with Crippen molar-refractivity contribution in [2.75, 3.05) is 18.0 Å². The van der Waals surface area contributed by atoms with Crippen LogP contribution in [0.4, 0.5) is 5.69 Å². The zero-order valence-electron chi connectivity index (χ0n) is 10.8. The highest BCUT2D eigenvalue weighted by Gasteiger charge is 2.32. The summed E-state index contributed by atoms with van der Waals surface area (Å²) < 4.78 is 0. The third-order valence-electron chi connectivity index (χ3n) is 3.81. The highest BCUT2D eigenvalue weighted by Crippen LogP contribution is 2.26. The van der Waals surface area contributed by atoms with Gasteiger partial charge in [-0.05, 0) is 44.5 Å². The standard InChI is InChI=1S/C14H21ClN2/c1-4-14(3)10-17(11(2)9-16-14)13-7-5-12(15)6-8-13/h5-8,11,16H,4,9-10H2,1-3H3. The molecule has 0 radical (unpaired) electrons. The Kier molecular flexibility index (Phi) is 3.64. The number of hydrogen-bond acceptors (Lipinski definition) is 2. The Morgan fingerprint density at radius 2 is 2.06 bits per heavy atom. The second kappa shape index (κ2) is 4.87. The van der Waals surface area contributed by atoms with E-state index in [2.05, 4.69) is 43.1 Å². The van der Waals surface area contributed by atoms with Gasteiger partial charge in [-0.3, -0.25) is 0 Å². The molecule has 2 nitrogen and oxygen atoms in total. The zero-order valence-corrected chi connectivity index (χ0v) is 11.6. The highest BCUT2D eigenvalue weighted by atomic mass is 35.5. The fraction of sp³-hybridized carbons (Fsp3) is 0.571. The van der Waals surface area contributed by atoms with Gasteiger partial charge in [0.05, 0.1) is 0 Å². The van der Waals surface area contributed by atoms with E-state index in [-0.39, 0.29) is 5.54 Å². The van der Waals surface area contributed by atoms with Crippen molar-refractivity contribution >= 4 is 17.3 Å². The highest BCUT2D eigenvalue weighted by molar-refractivity contribution is 6.30. The van der Waals surface area contributed by atoms with Crippen LogP contribution in [0.5, 0.6) is 0 Å². The van der Waals surface area contributed by atoms with Crippen LogP contribution < -0.4 is 10.2 Å². The topological polar surface area (TPSA) is 15.3 Å². The van der Waals surface area contributed by atoms with Crippen LogP contribution >= 0.6 is 11.6 Å². The van der Waals surface area contributed by atoms with Crippen molar-refractivity contribution < 1.29 is 0 Å². The zero-order chi connectivity index (χ0) is 12.5. The number of hydrogen-bond donors (Lipinski definition) is 1. The summed E-state index contributed by atoms with van der Waals surface area (Å²) >= 11 is 5.94. The van der Waals surface area contributed by atoms with E-state index in [9.17, 15) is 0 Å². The van der Waals surface area contributed by atoms with E-state index in [1.807, 2.05) is 12.1 Å². The maximum atomic E-state index is 5.94. The van der Waals surface area contributed by atoms with E-state index in [1.54, 1.807) is 0 Å². The molecule has 0 amide bonds. The van der Waals surface area contributed by atoms with Gasteiger partial charge in [0.25, 0.3) is 0 Å². The predicted molar refractivity (Wildman–Crippen MR) is 75.0 cm³/mol. The molecule has 0 saturated carbocycles. The fourth-order valence-electron chi connectivity index (χ4n) is 2.31. The number of piperazine rings is 1. The van der Waals surface area contributed by atoms with Gasteiger partial charge >= 0.3 is 0 Å². The van der Waals surface area contributed by atoms with Gasteiger partial charge in [0.15, 0.2) is 0 Å². The summed E-state index contributed by atoms with van der Waals surface area (Å²) in [5.74, 6) is 0.